The number of aromatic nitrogens is 6. The van der Waals surface area contributed by atoms with E-state index < -0.39 is 6.03 Å². The number of urea groups is 1. The number of nitriles is 1. The number of hydrogen-bond acceptors (Lipinski definition) is 7. The number of ether oxygens (including phenoxy) is 1. The van der Waals surface area contributed by atoms with Gasteiger partial charge in [-0.2, -0.15) is 15.5 Å². The number of amides is 2. The van der Waals surface area contributed by atoms with Crippen LogP contribution in [-0.4, -0.2) is 42.5 Å². The monoisotopic (exact) mass is 457 g/mol. The number of pyridine rings is 1. The summed E-state index contributed by atoms with van der Waals surface area (Å²) in [7, 11) is 3.12. The van der Waals surface area contributed by atoms with Gasteiger partial charge < -0.3 is 15.4 Å². The molecule has 13 heteroatoms. The minimum Gasteiger partial charge on any atom is -0.480 e. The van der Waals surface area contributed by atoms with E-state index in [1.807, 2.05) is 6.07 Å². The molecular formula is C18H13Cl2N9O2. The fraction of sp³-hybridized carbons (Fsp3) is 0.111. The maximum absolute atomic E-state index is 12.7. The van der Waals surface area contributed by atoms with E-state index in [1.54, 1.807) is 13.2 Å². The summed E-state index contributed by atoms with van der Waals surface area (Å²) in [4.78, 5) is 20.9. The Labute approximate surface area is 185 Å². The number of halogens is 2. The first-order valence-corrected chi connectivity index (χ1v) is 9.40. The van der Waals surface area contributed by atoms with E-state index in [1.165, 1.54) is 41.0 Å². The Morgan fingerprint density at radius 2 is 2.06 bits per heavy atom. The zero-order valence-corrected chi connectivity index (χ0v) is 17.6. The van der Waals surface area contributed by atoms with Gasteiger partial charge in [-0.1, -0.05) is 23.2 Å². The predicted octanol–water partition coefficient (Wildman–Crippen LogP) is 3.36. The Balaban J connectivity index is 1.70. The minimum absolute atomic E-state index is 0.160. The fourth-order valence-corrected chi connectivity index (χ4v) is 3.38. The molecule has 0 aromatic carbocycles. The first kappa shape index (κ1) is 20.4. The normalized spacial score (nSPS) is 10.7. The second-order valence-corrected chi connectivity index (χ2v) is 6.99. The van der Waals surface area contributed by atoms with Gasteiger partial charge in [-0.3, -0.25) is 4.68 Å². The number of nitrogens with one attached hydrogen (secondary N) is 2. The molecule has 0 aliphatic carbocycles. The standard InChI is InChI=1S/C18H13Cl2N9O2/c1-28-7-11(15(20)27-28)14-12(6-23-29-8-13(19)26-16(14)29)25-18(30)24-10-3-9(4-21)17(31-2)22-5-10/h3,5-8H,1-2H3,(H2,24,25,30). The maximum Gasteiger partial charge on any atom is 0.323 e. The summed E-state index contributed by atoms with van der Waals surface area (Å²) < 4.78 is 8.01. The molecule has 0 aliphatic heterocycles. The van der Waals surface area contributed by atoms with Crippen molar-refractivity contribution in [2.75, 3.05) is 17.7 Å². The van der Waals surface area contributed by atoms with Gasteiger partial charge in [-0.15, -0.1) is 0 Å². The van der Waals surface area contributed by atoms with Gasteiger partial charge in [0.25, 0.3) is 0 Å². The third-order valence-electron chi connectivity index (χ3n) is 4.19. The molecule has 4 rings (SSSR count). The molecule has 11 nitrogen and oxygen atoms in total. The lowest BCUT2D eigenvalue weighted by molar-refractivity contribution is 0.262. The lowest BCUT2D eigenvalue weighted by atomic mass is 10.1. The lowest BCUT2D eigenvalue weighted by Crippen LogP contribution is -2.20. The largest absolute Gasteiger partial charge is 0.480 e. The number of methoxy groups -OCH3 is 1. The molecule has 0 radical (unpaired) electrons. The Kier molecular flexibility index (Phi) is 5.33. The Hall–Kier alpha value is -3.88. The predicted molar refractivity (Wildman–Crippen MR) is 113 cm³/mol. The summed E-state index contributed by atoms with van der Waals surface area (Å²) >= 11 is 12.3. The SMILES string of the molecule is COc1ncc(NC(=O)Nc2cnn3cc(Cl)nc3c2-c2cn(C)nc2Cl)cc1C#N. The number of fused-ring (bicyclic) bond motifs is 1. The van der Waals surface area contributed by atoms with Crippen LogP contribution < -0.4 is 15.4 Å². The molecule has 0 fully saturated rings. The molecule has 31 heavy (non-hydrogen) atoms. The third-order valence-corrected chi connectivity index (χ3v) is 4.65. The van der Waals surface area contributed by atoms with Crippen molar-refractivity contribution in [3.05, 3.63) is 46.7 Å². The smallest absolute Gasteiger partial charge is 0.323 e. The van der Waals surface area contributed by atoms with Crippen molar-refractivity contribution in [1.29, 1.82) is 5.26 Å². The third kappa shape index (κ3) is 3.94. The van der Waals surface area contributed by atoms with E-state index in [-0.39, 0.29) is 21.7 Å². The molecule has 4 heterocycles. The molecule has 0 bridgehead atoms. The number of imidazole rings is 1. The summed E-state index contributed by atoms with van der Waals surface area (Å²) in [5, 5.41) is 23.3. The number of nitrogens with zero attached hydrogens (tertiary/aromatic N) is 7. The zero-order chi connectivity index (χ0) is 22.1. The van der Waals surface area contributed by atoms with Gasteiger partial charge in [0.15, 0.2) is 10.8 Å². The van der Waals surface area contributed by atoms with Gasteiger partial charge >= 0.3 is 6.03 Å². The van der Waals surface area contributed by atoms with E-state index in [9.17, 15) is 10.1 Å². The first-order chi connectivity index (χ1) is 14.9. The number of carbonyl (C=O) groups is 1. The van der Waals surface area contributed by atoms with Crippen LogP contribution >= 0.6 is 23.2 Å². The summed E-state index contributed by atoms with van der Waals surface area (Å²) in [6.45, 7) is 0. The summed E-state index contributed by atoms with van der Waals surface area (Å²) in [5.74, 6) is 0.160. The Morgan fingerprint density at radius 3 is 2.74 bits per heavy atom. The van der Waals surface area contributed by atoms with E-state index in [0.29, 0.717) is 28.1 Å². The molecular weight excluding hydrogens is 445 g/mol. The van der Waals surface area contributed by atoms with Crippen molar-refractivity contribution in [3.63, 3.8) is 0 Å². The molecule has 0 saturated heterocycles. The highest BCUT2D eigenvalue weighted by Crippen LogP contribution is 2.35. The summed E-state index contributed by atoms with van der Waals surface area (Å²) in [6.07, 6.45) is 6.03. The van der Waals surface area contributed by atoms with Crippen molar-refractivity contribution in [2.45, 2.75) is 0 Å². The van der Waals surface area contributed by atoms with Gasteiger partial charge in [0.1, 0.15) is 16.8 Å². The zero-order valence-electron chi connectivity index (χ0n) is 16.1. The van der Waals surface area contributed by atoms with Crippen LogP contribution in [0.3, 0.4) is 0 Å². The highest BCUT2D eigenvalue weighted by Gasteiger charge is 2.20. The van der Waals surface area contributed by atoms with Crippen molar-refractivity contribution in [1.82, 2.24) is 29.4 Å². The van der Waals surface area contributed by atoms with Crippen LogP contribution in [0, 0.1) is 11.3 Å². The average molecular weight is 458 g/mol. The van der Waals surface area contributed by atoms with E-state index in [4.69, 9.17) is 27.9 Å². The topological polar surface area (TPSA) is 135 Å². The van der Waals surface area contributed by atoms with Crippen molar-refractivity contribution in [3.8, 4) is 23.1 Å². The van der Waals surface area contributed by atoms with Gasteiger partial charge in [0.05, 0.1) is 42.6 Å². The quantitative estimate of drug-likeness (QED) is 0.479. The van der Waals surface area contributed by atoms with Crippen molar-refractivity contribution in [2.24, 2.45) is 7.05 Å². The van der Waals surface area contributed by atoms with E-state index in [0.717, 1.165) is 0 Å². The van der Waals surface area contributed by atoms with Crippen LogP contribution in [0.2, 0.25) is 10.3 Å². The van der Waals surface area contributed by atoms with Crippen LogP contribution in [0.15, 0.2) is 30.9 Å². The van der Waals surface area contributed by atoms with E-state index in [2.05, 4.69) is 30.8 Å². The van der Waals surface area contributed by atoms with Crippen LogP contribution in [-0.2, 0) is 7.05 Å². The molecule has 0 spiro atoms. The fourth-order valence-electron chi connectivity index (χ4n) is 2.94. The average Bonchev–Trinajstić information content (AvgIpc) is 3.27. The maximum atomic E-state index is 12.7. The molecule has 2 amide bonds. The molecule has 4 aromatic heterocycles. The second kappa shape index (κ2) is 8.10. The number of rotatable bonds is 4. The molecule has 4 aromatic rings. The number of anilines is 2. The van der Waals surface area contributed by atoms with Crippen LogP contribution in [0.4, 0.5) is 16.2 Å². The number of hydrogen-bond donors (Lipinski definition) is 2. The lowest BCUT2D eigenvalue weighted by Gasteiger charge is -2.12. The summed E-state index contributed by atoms with van der Waals surface area (Å²) in [6, 6.07) is 2.80. The summed E-state index contributed by atoms with van der Waals surface area (Å²) in [5.41, 5.74) is 2.21. The van der Waals surface area contributed by atoms with Crippen LogP contribution in [0.5, 0.6) is 5.88 Å². The molecule has 0 aliphatic rings. The first-order valence-electron chi connectivity index (χ1n) is 8.65. The Morgan fingerprint density at radius 1 is 1.26 bits per heavy atom. The van der Waals surface area contributed by atoms with Gasteiger partial charge in [0, 0.05) is 18.8 Å². The molecule has 2 N–H and O–H groups in total. The van der Waals surface area contributed by atoms with Gasteiger partial charge in [-0.25, -0.2) is 19.3 Å². The van der Waals surface area contributed by atoms with Gasteiger partial charge in [0.2, 0.25) is 5.88 Å². The molecule has 156 valence electrons. The highest BCUT2D eigenvalue weighted by molar-refractivity contribution is 6.33. The van der Waals surface area contributed by atoms with E-state index >= 15 is 0 Å². The van der Waals surface area contributed by atoms with Crippen LogP contribution in [0.1, 0.15) is 5.56 Å². The number of aryl methyl sites for hydroxylation is 1. The second-order valence-electron chi connectivity index (χ2n) is 6.24. The van der Waals surface area contributed by atoms with Crippen molar-refractivity contribution >= 4 is 46.3 Å². The Bertz CT molecular complexity index is 1360. The van der Waals surface area contributed by atoms with Crippen molar-refractivity contribution < 1.29 is 9.53 Å². The molecule has 0 saturated carbocycles. The number of carbonyl (C=O) groups excluding carboxylic acids is 1. The molecule has 0 unspecified atom stereocenters. The van der Waals surface area contributed by atoms with Crippen LogP contribution in [0.25, 0.3) is 16.8 Å². The highest BCUT2D eigenvalue weighted by atomic mass is 35.5. The minimum atomic E-state index is -0.596. The van der Waals surface area contributed by atoms with Gasteiger partial charge in [-0.05, 0) is 6.07 Å². The molecule has 0 atom stereocenters.